The summed E-state index contributed by atoms with van der Waals surface area (Å²) in [5.74, 6) is 6.39. The van der Waals surface area contributed by atoms with Gasteiger partial charge in [0.15, 0.2) is 0 Å². The summed E-state index contributed by atoms with van der Waals surface area (Å²) in [5.41, 5.74) is 2.68. The molecule has 0 aliphatic carbocycles. The molecule has 0 radical (unpaired) electrons. The highest BCUT2D eigenvalue weighted by Crippen LogP contribution is 2.31. The molecule has 0 N–H and O–H groups in total. The number of nitrogens with zero attached hydrogens (tertiary/aromatic N) is 3. The predicted octanol–water partition coefficient (Wildman–Crippen LogP) is 3.08. The van der Waals surface area contributed by atoms with E-state index in [0.29, 0.717) is 5.56 Å². The molecule has 0 spiro atoms. The van der Waals surface area contributed by atoms with E-state index in [4.69, 9.17) is 0 Å². The van der Waals surface area contributed by atoms with Crippen molar-refractivity contribution in [3.8, 4) is 11.8 Å². The van der Waals surface area contributed by atoms with Crippen molar-refractivity contribution < 1.29 is 4.92 Å². The Morgan fingerprint density at radius 3 is 2.44 bits per heavy atom. The normalized spacial score (nSPS) is 14.7. The van der Waals surface area contributed by atoms with Crippen molar-refractivity contribution in [1.29, 1.82) is 0 Å². The predicted molar refractivity (Wildman–Crippen MR) is 99.8 cm³/mol. The van der Waals surface area contributed by atoms with Gasteiger partial charge in [0.05, 0.1) is 11.5 Å². The molecule has 1 heterocycles. The molecular formula is C20H21N3O2. The largest absolute Gasteiger partial charge is 0.363 e. The van der Waals surface area contributed by atoms with Crippen LogP contribution in [0.25, 0.3) is 0 Å². The molecule has 0 bridgehead atoms. The molecule has 0 saturated carbocycles. The summed E-state index contributed by atoms with van der Waals surface area (Å²) in [6, 6.07) is 15.5. The zero-order chi connectivity index (χ0) is 17.6. The van der Waals surface area contributed by atoms with Crippen LogP contribution in [0.4, 0.5) is 11.4 Å². The van der Waals surface area contributed by atoms with Crippen LogP contribution >= 0.6 is 0 Å². The maximum Gasteiger partial charge on any atom is 0.295 e. The second-order valence-electron chi connectivity index (χ2n) is 6.13. The number of hydrogen-bond acceptors (Lipinski definition) is 4. The summed E-state index contributed by atoms with van der Waals surface area (Å²) in [6.07, 6.45) is 0. The van der Waals surface area contributed by atoms with Crippen LogP contribution in [-0.2, 0) is 0 Å². The van der Waals surface area contributed by atoms with Crippen LogP contribution in [-0.4, -0.2) is 42.5 Å². The summed E-state index contributed by atoms with van der Waals surface area (Å²) in [4.78, 5) is 15.5. The van der Waals surface area contributed by atoms with Gasteiger partial charge >= 0.3 is 0 Å². The van der Waals surface area contributed by atoms with Crippen LogP contribution in [0.1, 0.15) is 11.1 Å². The second kappa shape index (κ2) is 7.82. The van der Waals surface area contributed by atoms with E-state index in [2.05, 4.69) is 21.6 Å². The van der Waals surface area contributed by atoms with E-state index in [1.54, 1.807) is 13.0 Å². The summed E-state index contributed by atoms with van der Waals surface area (Å²) in [6.45, 7) is 5.77. The van der Waals surface area contributed by atoms with Crippen LogP contribution in [0.3, 0.4) is 0 Å². The fourth-order valence-electron chi connectivity index (χ4n) is 3.06. The molecular weight excluding hydrogens is 314 g/mol. The van der Waals surface area contributed by atoms with Gasteiger partial charge in [-0.1, -0.05) is 42.2 Å². The van der Waals surface area contributed by atoms with Crippen molar-refractivity contribution >= 4 is 11.4 Å². The van der Waals surface area contributed by atoms with Crippen LogP contribution in [0.5, 0.6) is 0 Å². The van der Waals surface area contributed by atoms with E-state index in [-0.39, 0.29) is 10.6 Å². The number of nitro groups is 1. The number of aryl methyl sites for hydroxylation is 1. The van der Waals surface area contributed by atoms with Crippen molar-refractivity contribution in [1.82, 2.24) is 4.90 Å². The molecule has 25 heavy (non-hydrogen) atoms. The molecule has 2 aromatic carbocycles. The molecule has 0 amide bonds. The first-order chi connectivity index (χ1) is 12.1. The Morgan fingerprint density at radius 2 is 1.76 bits per heavy atom. The minimum atomic E-state index is -0.275. The minimum Gasteiger partial charge on any atom is -0.363 e. The number of nitro benzene ring substituents is 1. The lowest BCUT2D eigenvalue weighted by molar-refractivity contribution is -0.384. The quantitative estimate of drug-likeness (QED) is 0.491. The van der Waals surface area contributed by atoms with Crippen LogP contribution < -0.4 is 4.90 Å². The topological polar surface area (TPSA) is 49.6 Å². The van der Waals surface area contributed by atoms with Crippen molar-refractivity contribution in [2.75, 3.05) is 37.6 Å². The third kappa shape index (κ3) is 4.17. The maximum absolute atomic E-state index is 11.4. The SMILES string of the molecule is Cc1cccc(N2CCN(CC#Cc3ccccc3)CC2)c1[N+](=O)[O-]. The number of anilines is 1. The number of piperazine rings is 1. The van der Waals surface area contributed by atoms with Gasteiger partial charge in [0.25, 0.3) is 5.69 Å². The monoisotopic (exact) mass is 335 g/mol. The van der Waals surface area contributed by atoms with Crippen molar-refractivity contribution in [3.05, 3.63) is 69.8 Å². The van der Waals surface area contributed by atoms with Gasteiger partial charge < -0.3 is 4.90 Å². The standard InChI is InChI=1S/C20H21N3O2/c1-17-7-5-11-19(20(17)23(24)25)22-15-13-21(14-16-22)12-6-10-18-8-3-2-4-9-18/h2-5,7-9,11H,12-16H2,1H3. The molecule has 128 valence electrons. The lowest BCUT2D eigenvalue weighted by atomic mass is 10.1. The first-order valence-electron chi connectivity index (χ1n) is 8.40. The van der Waals surface area contributed by atoms with E-state index >= 15 is 0 Å². The average molecular weight is 335 g/mol. The third-order valence-electron chi connectivity index (χ3n) is 4.42. The number of rotatable bonds is 3. The third-order valence-corrected chi connectivity index (χ3v) is 4.42. The van der Waals surface area contributed by atoms with Gasteiger partial charge in [-0.25, -0.2) is 0 Å². The van der Waals surface area contributed by atoms with E-state index in [1.807, 2.05) is 42.5 Å². The molecule has 1 saturated heterocycles. The molecule has 5 nitrogen and oxygen atoms in total. The lowest BCUT2D eigenvalue weighted by Crippen LogP contribution is -2.46. The number of para-hydroxylation sites is 1. The Kier molecular flexibility index (Phi) is 5.32. The highest BCUT2D eigenvalue weighted by Gasteiger charge is 2.24. The van der Waals surface area contributed by atoms with Gasteiger partial charge in [-0.05, 0) is 25.1 Å². The first-order valence-corrected chi connectivity index (χ1v) is 8.40. The van der Waals surface area contributed by atoms with E-state index in [9.17, 15) is 10.1 Å². The van der Waals surface area contributed by atoms with Gasteiger partial charge in [0.1, 0.15) is 5.69 Å². The zero-order valence-electron chi connectivity index (χ0n) is 14.3. The fourth-order valence-corrected chi connectivity index (χ4v) is 3.06. The highest BCUT2D eigenvalue weighted by molar-refractivity contribution is 5.66. The molecule has 1 aliphatic heterocycles. The van der Waals surface area contributed by atoms with Gasteiger partial charge in [0.2, 0.25) is 0 Å². The Hall–Kier alpha value is -2.84. The number of hydrogen-bond donors (Lipinski definition) is 0. The second-order valence-corrected chi connectivity index (χ2v) is 6.13. The van der Waals surface area contributed by atoms with Gasteiger partial charge in [-0.2, -0.15) is 0 Å². The lowest BCUT2D eigenvalue weighted by Gasteiger charge is -2.35. The van der Waals surface area contributed by atoms with Gasteiger partial charge in [-0.3, -0.25) is 15.0 Å². The van der Waals surface area contributed by atoms with E-state index in [0.717, 1.165) is 44.0 Å². The minimum absolute atomic E-state index is 0.222. The zero-order valence-corrected chi connectivity index (χ0v) is 14.3. The molecule has 0 unspecified atom stereocenters. The molecule has 5 heteroatoms. The molecule has 2 aromatic rings. The number of benzene rings is 2. The highest BCUT2D eigenvalue weighted by atomic mass is 16.6. The van der Waals surface area contributed by atoms with Crippen LogP contribution in [0.2, 0.25) is 0 Å². The van der Waals surface area contributed by atoms with Crippen molar-refractivity contribution in [2.45, 2.75) is 6.92 Å². The van der Waals surface area contributed by atoms with E-state index in [1.165, 1.54) is 0 Å². The maximum atomic E-state index is 11.4. The van der Waals surface area contributed by atoms with E-state index < -0.39 is 0 Å². The van der Waals surface area contributed by atoms with Gasteiger partial charge in [-0.15, -0.1) is 0 Å². The van der Waals surface area contributed by atoms with Gasteiger partial charge in [0, 0.05) is 37.3 Å². The molecule has 3 rings (SSSR count). The Bertz CT molecular complexity index is 801. The van der Waals surface area contributed by atoms with Crippen molar-refractivity contribution in [3.63, 3.8) is 0 Å². The summed E-state index contributed by atoms with van der Waals surface area (Å²) in [5, 5.41) is 11.4. The molecule has 0 aromatic heterocycles. The van der Waals surface area contributed by atoms with Crippen LogP contribution in [0, 0.1) is 28.9 Å². The van der Waals surface area contributed by atoms with Crippen molar-refractivity contribution in [2.24, 2.45) is 0 Å². The fraction of sp³-hybridized carbons (Fsp3) is 0.300. The summed E-state index contributed by atoms with van der Waals surface area (Å²) in [7, 11) is 0. The van der Waals surface area contributed by atoms with Crippen LogP contribution in [0.15, 0.2) is 48.5 Å². The molecule has 1 aliphatic rings. The summed E-state index contributed by atoms with van der Waals surface area (Å²) < 4.78 is 0. The Balaban J connectivity index is 1.61. The smallest absolute Gasteiger partial charge is 0.295 e. The Labute approximate surface area is 148 Å². The Morgan fingerprint density at radius 1 is 1.04 bits per heavy atom. The molecule has 1 fully saturated rings. The average Bonchev–Trinajstić information content (AvgIpc) is 2.63. The first kappa shape index (κ1) is 17.0. The summed E-state index contributed by atoms with van der Waals surface area (Å²) >= 11 is 0. The molecule has 0 atom stereocenters.